The zero-order valence-electron chi connectivity index (χ0n) is 17.3. The van der Waals surface area contributed by atoms with Crippen molar-refractivity contribution in [1.82, 2.24) is 5.32 Å². The molecule has 0 bridgehead atoms. The highest BCUT2D eigenvalue weighted by Crippen LogP contribution is 2.17. The monoisotopic (exact) mass is 395 g/mol. The molecule has 0 aliphatic heterocycles. The SMILES string of the molecule is CO[Si](C)(CCCCCCCCNCCC[Si](OC)(OC)OC)OC. The number of nitrogens with one attached hydrogen (secondary N) is 1. The van der Waals surface area contributed by atoms with Gasteiger partial charge in [-0.2, -0.15) is 0 Å². The van der Waals surface area contributed by atoms with E-state index in [9.17, 15) is 0 Å². The minimum atomic E-state index is -2.39. The van der Waals surface area contributed by atoms with Gasteiger partial charge < -0.3 is 27.4 Å². The molecule has 0 unspecified atom stereocenters. The van der Waals surface area contributed by atoms with Crippen LogP contribution in [-0.4, -0.2) is 66.0 Å². The predicted octanol–water partition coefficient (Wildman–Crippen LogP) is 3.55. The molecule has 0 radical (unpaired) electrons. The predicted molar refractivity (Wildman–Crippen MR) is 107 cm³/mol. The smallest absolute Gasteiger partial charge is 0.398 e. The van der Waals surface area contributed by atoms with Crippen molar-refractivity contribution in [1.29, 1.82) is 0 Å². The molecule has 0 fully saturated rings. The van der Waals surface area contributed by atoms with Gasteiger partial charge in [-0.3, -0.25) is 0 Å². The summed E-state index contributed by atoms with van der Waals surface area (Å²) in [6, 6.07) is 1.95. The van der Waals surface area contributed by atoms with E-state index in [2.05, 4.69) is 11.9 Å². The van der Waals surface area contributed by atoms with E-state index in [0.29, 0.717) is 0 Å². The second-order valence-electron chi connectivity index (χ2n) is 6.56. The molecule has 0 rings (SSSR count). The van der Waals surface area contributed by atoms with Crippen molar-refractivity contribution in [3.63, 3.8) is 0 Å². The minimum absolute atomic E-state index is 0.856. The van der Waals surface area contributed by atoms with Crippen LogP contribution in [0.15, 0.2) is 0 Å². The number of hydrogen-bond acceptors (Lipinski definition) is 6. The fourth-order valence-corrected chi connectivity index (χ4v) is 5.99. The fourth-order valence-electron chi connectivity index (χ4n) is 2.80. The lowest BCUT2D eigenvalue weighted by molar-refractivity contribution is 0.123. The summed E-state index contributed by atoms with van der Waals surface area (Å²) in [5.41, 5.74) is 0. The van der Waals surface area contributed by atoms with Gasteiger partial charge in [0.1, 0.15) is 0 Å². The van der Waals surface area contributed by atoms with Crippen LogP contribution in [0.3, 0.4) is 0 Å². The molecule has 8 heteroatoms. The molecule has 0 saturated carbocycles. The van der Waals surface area contributed by atoms with Crippen molar-refractivity contribution in [2.24, 2.45) is 0 Å². The first-order valence-electron chi connectivity index (χ1n) is 9.48. The highest BCUT2D eigenvalue weighted by atomic mass is 28.4. The van der Waals surface area contributed by atoms with Crippen LogP contribution in [0.25, 0.3) is 0 Å². The third kappa shape index (κ3) is 11.5. The van der Waals surface area contributed by atoms with Crippen LogP contribution in [0.1, 0.15) is 44.9 Å². The maximum Gasteiger partial charge on any atom is 0.500 e. The van der Waals surface area contributed by atoms with Gasteiger partial charge in [0.25, 0.3) is 0 Å². The Kier molecular flexibility index (Phi) is 15.4. The van der Waals surface area contributed by atoms with Gasteiger partial charge in [-0.1, -0.05) is 32.1 Å². The maximum atomic E-state index is 5.51. The van der Waals surface area contributed by atoms with Crippen molar-refractivity contribution >= 4 is 17.4 Å². The van der Waals surface area contributed by atoms with Crippen molar-refractivity contribution in [2.75, 3.05) is 48.6 Å². The first-order valence-corrected chi connectivity index (χ1v) is 13.9. The second kappa shape index (κ2) is 15.3. The van der Waals surface area contributed by atoms with E-state index in [4.69, 9.17) is 22.1 Å². The Morgan fingerprint density at radius 1 is 0.560 bits per heavy atom. The number of unbranched alkanes of at least 4 members (excludes halogenated alkanes) is 5. The Morgan fingerprint density at radius 2 is 1.04 bits per heavy atom. The van der Waals surface area contributed by atoms with Crippen LogP contribution in [0.2, 0.25) is 18.6 Å². The Bertz CT molecular complexity index is 294. The Morgan fingerprint density at radius 3 is 1.56 bits per heavy atom. The number of hydrogen-bond donors (Lipinski definition) is 1. The lowest BCUT2D eigenvalue weighted by Gasteiger charge is -2.24. The van der Waals surface area contributed by atoms with Crippen LogP contribution in [0.4, 0.5) is 0 Å². The van der Waals surface area contributed by atoms with Crippen LogP contribution in [0.5, 0.6) is 0 Å². The number of rotatable bonds is 18. The molecule has 0 aromatic rings. The lowest BCUT2D eigenvalue weighted by atomic mass is 10.1. The van der Waals surface area contributed by atoms with Crippen molar-refractivity contribution in [3.8, 4) is 0 Å². The van der Waals surface area contributed by atoms with Crippen LogP contribution < -0.4 is 5.32 Å². The van der Waals surface area contributed by atoms with E-state index in [1.807, 2.05) is 0 Å². The average Bonchev–Trinajstić information content (AvgIpc) is 2.66. The third-order valence-corrected chi connectivity index (χ3v) is 10.7. The van der Waals surface area contributed by atoms with Gasteiger partial charge in [0, 0.05) is 41.6 Å². The zero-order chi connectivity index (χ0) is 19.0. The summed E-state index contributed by atoms with van der Waals surface area (Å²) in [5.74, 6) is 0. The maximum absolute atomic E-state index is 5.51. The minimum Gasteiger partial charge on any atom is -0.398 e. The van der Waals surface area contributed by atoms with Crippen LogP contribution in [0, 0.1) is 0 Å². The highest BCUT2D eigenvalue weighted by molar-refractivity contribution is 6.65. The summed E-state index contributed by atoms with van der Waals surface area (Å²) in [6.07, 6.45) is 8.67. The fraction of sp³-hybridized carbons (Fsp3) is 1.00. The average molecular weight is 396 g/mol. The van der Waals surface area contributed by atoms with Crippen LogP contribution in [-0.2, 0) is 22.1 Å². The van der Waals surface area contributed by atoms with Gasteiger partial charge in [0.15, 0.2) is 0 Å². The van der Waals surface area contributed by atoms with Gasteiger partial charge >= 0.3 is 17.4 Å². The van der Waals surface area contributed by atoms with E-state index < -0.39 is 17.4 Å². The molecule has 0 spiro atoms. The third-order valence-electron chi connectivity index (χ3n) is 4.87. The molecule has 0 heterocycles. The first kappa shape index (κ1) is 25.2. The van der Waals surface area contributed by atoms with E-state index in [0.717, 1.165) is 31.6 Å². The van der Waals surface area contributed by atoms with Gasteiger partial charge in [-0.15, -0.1) is 0 Å². The van der Waals surface area contributed by atoms with Crippen molar-refractivity contribution in [3.05, 3.63) is 0 Å². The van der Waals surface area contributed by atoms with Crippen molar-refractivity contribution < 1.29 is 22.1 Å². The topological polar surface area (TPSA) is 58.2 Å². The Hall–Kier alpha value is 0.194. The van der Waals surface area contributed by atoms with Gasteiger partial charge in [0.05, 0.1) is 0 Å². The molecule has 0 aromatic carbocycles. The molecule has 6 nitrogen and oxygen atoms in total. The molecular weight excluding hydrogens is 354 g/mol. The molecule has 0 amide bonds. The molecule has 0 aromatic heterocycles. The van der Waals surface area contributed by atoms with E-state index in [-0.39, 0.29) is 0 Å². The zero-order valence-corrected chi connectivity index (χ0v) is 19.3. The Balaban J connectivity index is 3.43. The van der Waals surface area contributed by atoms with Gasteiger partial charge in [-0.05, 0) is 38.5 Å². The second-order valence-corrected chi connectivity index (χ2v) is 13.2. The molecule has 1 N–H and O–H groups in total. The van der Waals surface area contributed by atoms with Crippen molar-refractivity contribution in [2.45, 2.75) is 63.6 Å². The normalized spacial score (nSPS) is 12.7. The summed E-state index contributed by atoms with van der Waals surface area (Å²) < 4.78 is 27.3. The van der Waals surface area contributed by atoms with E-state index in [1.54, 1.807) is 35.5 Å². The van der Waals surface area contributed by atoms with Crippen LogP contribution >= 0.6 is 0 Å². The van der Waals surface area contributed by atoms with Gasteiger partial charge in [-0.25, -0.2) is 0 Å². The quantitative estimate of drug-likeness (QED) is 0.283. The summed E-state index contributed by atoms with van der Waals surface area (Å²) in [6.45, 7) is 4.21. The Labute approximate surface area is 157 Å². The first-order chi connectivity index (χ1) is 12.0. The largest absolute Gasteiger partial charge is 0.500 e. The standard InChI is InChI=1S/C17H41NO5Si2/c1-19-24(6,20-2)16-12-10-8-7-9-11-14-18-15-13-17-25(21-3,22-4)23-5/h18H,7-17H2,1-6H3. The molecule has 152 valence electrons. The summed E-state index contributed by atoms with van der Waals surface area (Å²) >= 11 is 0. The highest BCUT2D eigenvalue weighted by Gasteiger charge is 2.36. The molecule has 0 aliphatic carbocycles. The van der Waals surface area contributed by atoms with E-state index >= 15 is 0 Å². The van der Waals surface area contributed by atoms with Gasteiger partial charge in [0.2, 0.25) is 0 Å². The van der Waals surface area contributed by atoms with E-state index in [1.165, 1.54) is 38.5 Å². The molecule has 0 saturated heterocycles. The lowest BCUT2D eigenvalue weighted by Crippen LogP contribution is -2.43. The molecule has 0 atom stereocenters. The molecule has 25 heavy (non-hydrogen) atoms. The summed E-state index contributed by atoms with van der Waals surface area (Å²) in [4.78, 5) is 0. The summed E-state index contributed by atoms with van der Waals surface area (Å²) in [7, 11) is 4.30. The molecule has 0 aliphatic rings. The molecular formula is C17H41NO5Si2. The summed E-state index contributed by atoms with van der Waals surface area (Å²) in [5, 5.41) is 3.50.